The number of nitrogens with one attached hydrogen (secondary N) is 3. The lowest BCUT2D eigenvalue weighted by atomic mass is 10.1. The Bertz CT molecular complexity index is 435. The second-order valence-electron chi connectivity index (χ2n) is 4.01. The highest BCUT2D eigenvalue weighted by molar-refractivity contribution is 7.99. The van der Waals surface area contributed by atoms with Crippen molar-refractivity contribution in [2.24, 2.45) is 0 Å². The molecule has 1 atom stereocenters. The number of amides is 1. The van der Waals surface area contributed by atoms with Gasteiger partial charge in [0, 0.05) is 18.8 Å². The standard InChI is InChI=1S/C13H17N3OS/c1-18-13(15-10-8-12(17)16-13)14-9-7-11-5-3-2-4-6-11/h2-6,8,10,14-15H,7,9H2,1H3,(H,16,17)/t13-/m0/s1. The molecule has 1 aliphatic heterocycles. The fourth-order valence-corrected chi connectivity index (χ4v) is 2.43. The van der Waals surface area contributed by atoms with Crippen LogP contribution in [0.25, 0.3) is 0 Å². The Hall–Kier alpha value is -1.46. The molecular formula is C13H17N3OS. The molecule has 1 aliphatic rings. The van der Waals surface area contributed by atoms with Gasteiger partial charge in [0.2, 0.25) is 11.0 Å². The summed E-state index contributed by atoms with van der Waals surface area (Å²) in [6.45, 7) is 0.784. The van der Waals surface area contributed by atoms with Gasteiger partial charge >= 0.3 is 0 Å². The van der Waals surface area contributed by atoms with Crippen LogP contribution in [0.2, 0.25) is 0 Å². The zero-order valence-electron chi connectivity index (χ0n) is 10.3. The topological polar surface area (TPSA) is 53.2 Å². The van der Waals surface area contributed by atoms with Gasteiger partial charge in [-0.25, -0.2) is 0 Å². The highest BCUT2D eigenvalue weighted by Gasteiger charge is 2.30. The van der Waals surface area contributed by atoms with Crippen LogP contribution in [0.15, 0.2) is 42.6 Å². The van der Waals surface area contributed by atoms with Crippen molar-refractivity contribution in [1.29, 1.82) is 0 Å². The van der Waals surface area contributed by atoms with E-state index < -0.39 is 5.12 Å². The van der Waals surface area contributed by atoms with Gasteiger partial charge in [-0.2, -0.15) is 0 Å². The zero-order chi connectivity index (χ0) is 12.8. The Balaban J connectivity index is 1.88. The van der Waals surface area contributed by atoms with Crippen molar-refractivity contribution in [3.05, 3.63) is 48.2 Å². The first kappa shape index (κ1) is 13.0. The zero-order valence-corrected chi connectivity index (χ0v) is 11.1. The van der Waals surface area contributed by atoms with Crippen LogP contribution >= 0.6 is 11.8 Å². The molecule has 0 aliphatic carbocycles. The molecule has 5 heteroatoms. The van der Waals surface area contributed by atoms with Crippen LogP contribution < -0.4 is 16.0 Å². The Kier molecular flexibility index (Phi) is 4.28. The van der Waals surface area contributed by atoms with Crippen molar-refractivity contribution in [2.45, 2.75) is 11.5 Å². The first-order valence-corrected chi connectivity index (χ1v) is 7.07. The normalized spacial score (nSPS) is 22.4. The van der Waals surface area contributed by atoms with E-state index in [4.69, 9.17) is 0 Å². The van der Waals surface area contributed by atoms with Crippen molar-refractivity contribution in [2.75, 3.05) is 12.8 Å². The van der Waals surface area contributed by atoms with Gasteiger partial charge in [-0.3, -0.25) is 10.1 Å². The van der Waals surface area contributed by atoms with Gasteiger partial charge in [-0.1, -0.05) is 42.1 Å². The van der Waals surface area contributed by atoms with Crippen molar-refractivity contribution in [1.82, 2.24) is 16.0 Å². The first-order valence-electron chi connectivity index (χ1n) is 5.84. The van der Waals surface area contributed by atoms with Crippen LogP contribution in [-0.4, -0.2) is 23.8 Å². The Labute approximate surface area is 111 Å². The fourth-order valence-electron chi connectivity index (χ4n) is 1.79. The van der Waals surface area contributed by atoms with Crippen LogP contribution in [0.3, 0.4) is 0 Å². The van der Waals surface area contributed by atoms with Crippen LogP contribution in [0.5, 0.6) is 0 Å². The van der Waals surface area contributed by atoms with Gasteiger partial charge < -0.3 is 10.6 Å². The highest BCUT2D eigenvalue weighted by Crippen LogP contribution is 2.15. The molecule has 0 radical (unpaired) electrons. The van der Waals surface area contributed by atoms with Gasteiger partial charge in [0.25, 0.3) is 0 Å². The first-order chi connectivity index (χ1) is 8.74. The Morgan fingerprint density at radius 3 is 2.78 bits per heavy atom. The average Bonchev–Trinajstić information content (AvgIpc) is 2.40. The average molecular weight is 263 g/mol. The summed E-state index contributed by atoms with van der Waals surface area (Å²) in [4.78, 5) is 11.4. The van der Waals surface area contributed by atoms with E-state index in [1.54, 1.807) is 6.20 Å². The van der Waals surface area contributed by atoms with Gasteiger partial charge in [0.15, 0.2) is 0 Å². The van der Waals surface area contributed by atoms with Crippen LogP contribution in [0, 0.1) is 0 Å². The van der Waals surface area contributed by atoms with Gasteiger partial charge in [-0.05, 0) is 18.2 Å². The third kappa shape index (κ3) is 3.27. The molecule has 4 nitrogen and oxygen atoms in total. The van der Waals surface area contributed by atoms with Gasteiger partial charge in [0.1, 0.15) is 0 Å². The van der Waals surface area contributed by atoms with Crippen molar-refractivity contribution in [3.63, 3.8) is 0 Å². The number of carbonyl (C=O) groups is 1. The van der Waals surface area contributed by atoms with Crippen molar-refractivity contribution < 1.29 is 4.79 Å². The quantitative estimate of drug-likeness (QED) is 0.695. The lowest BCUT2D eigenvalue weighted by Crippen LogP contribution is -2.65. The van der Waals surface area contributed by atoms with Crippen LogP contribution in [0.1, 0.15) is 5.56 Å². The maximum absolute atomic E-state index is 11.4. The second kappa shape index (κ2) is 5.93. The lowest BCUT2D eigenvalue weighted by molar-refractivity contribution is -0.118. The summed E-state index contributed by atoms with van der Waals surface area (Å²) in [6.07, 6.45) is 6.02. The minimum Gasteiger partial charge on any atom is -0.348 e. The minimum absolute atomic E-state index is 0.0877. The minimum atomic E-state index is -0.597. The Morgan fingerprint density at radius 1 is 1.33 bits per heavy atom. The number of hydrogen-bond acceptors (Lipinski definition) is 4. The monoisotopic (exact) mass is 263 g/mol. The molecule has 0 bridgehead atoms. The van der Waals surface area contributed by atoms with Crippen molar-refractivity contribution >= 4 is 17.7 Å². The molecule has 2 rings (SSSR count). The number of thioether (sulfide) groups is 1. The number of rotatable bonds is 5. The summed E-state index contributed by atoms with van der Waals surface area (Å²) in [5.74, 6) is -0.0877. The van der Waals surface area contributed by atoms with E-state index in [2.05, 4.69) is 28.1 Å². The van der Waals surface area contributed by atoms with Crippen LogP contribution in [-0.2, 0) is 11.2 Å². The molecule has 0 fully saturated rings. The van der Waals surface area contributed by atoms with E-state index in [1.807, 2.05) is 24.5 Å². The van der Waals surface area contributed by atoms with E-state index >= 15 is 0 Å². The SMILES string of the molecule is CS[C@@]1(NCCc2ccccc2)NC=CC(=O)N1. The third-order valence-electron chi connectivity index (χ3n) is 2.76. The summed E-state index contributed by atoms with van der Waals surface area (Å²) in [6, 6.07) is 10.3. The molecule has 1 amide bonds. The van der Waals surface area contributed by atoms with E-state index in [9.17, 15) is 4.79 Å². The summed E-state index contributed by atoms with van der Waals surface area (Å²) in [7, 11) is 0. The molecule has 1 aromatic carbocycles. The van der Waals surface area contributed by atoms with E-state index in [0.717, 1.165) is 13.0 Å². The predicted molar refractivity (Wildman–Crippen MR) is 74.8 cm³/mol. The largest absolute Gasteiger partial charge is 0.348 e. The van der Waals surface area contributed by atoms with Crippen molar-refractivity contribution in [3.8, 4) is 0 Å². The molecule has 0 aromatic heterocycles. The molecule has 0 saturated heterocycles. The summed E-state index contributed by atoms with van der Waals surface area (Å²) >= 11 is 1.53. The number of hydrogen-bond donors (Lipinski definition) is 3. The summed E-state index contributed by atoms with van der Waals surface area (Å²) in [5.41, 5.74) is 1.28. The van der Waals surface area contributed by atoms with E-state index in [-0.39, 0.29) is 5.91 Å². The van der Waals surface area contributed by atoms with Gasteiger partial charge in [-0.15, -0.1) is 0 Å². The van der Waals surface area contributed by atoms with Gasteiger partial charge in [0.05, 0.1) is 0 Å². The smallest absolute Gasteiger partial charge is 0.248 e. The summed E-state index contributed by atoms with van der Waals surface area (Å²) < 4.78 is 0. The fraction of sp³-hybridized carbons (Fsp3) is 0.308. The molecule has 18 heavy (non-hydrogen) atoms. The molecule has 0 unspecified atom stereocenters. The maximum atomic E-state index is 11.4. The van der Waals surface area contributed by atoms with E-state index in [1.165, 1.54) is 23.4 Å². The number of carbonyl (C=O) groups excluding carboxylic acids is 1. The molecule has 1 heterocycles. The van der Waals surface area contributed by atoms with E-state index in [0.29, 0.717) is 0 Å². The molecule has 0 saturated carbocycles. The molecule has 0 spiro atoms. The molecule has 96 valence electrons. The molecule has 3 N–H and O–H groups in total. The highest BCUT2D eigenvalue weighted by atomic mass is 32.2. The Morgan fingerprint density at radius 2 is 2.11 bits per heavy atom. The maximum Gasteiger partial charge on any atom is 0.248 e. The van der Waals surface area contributed by atoms with Crippen LogP contribution in [0.4, 0.5) is 0 Å². The predicted octanol–water partition coefficient (Wildman–Crippen LogP) is 1.03. The lowest BCUT2D eigenvalue weighted by Gasteiger charge is -2.36. The third-order valence-corrected chi connectivity index (χ3v) is 3.73. The molecular weight excluding hydrogens is 246 g/mol. The number of benzene rings is 1. The molecule has 1 aromatic rings. The second-order valence-corrected chi connectivity index (χ2v) is 5.04. The summed E-state index contributed by atoms with van der Waals surface area (Å²) in [5, 5.41) is 8.75.